The van der Waals surface area contributed by atoms with Gasteiger partial charge in [-0.2, -0.15) is 0 Å². The largest absolute Gasteiger partial charge is 0.454 e. The summed E-state index contributed by atoms with van der Waals surface area (Å²) in [5.41, 5.74) is 0.0501. The van der Waals surface area contributed by atoms with E-state index in [1.54, 1.807) is 36.5 Å². The fraction of sp³-hybridized carbons (Fsp3) is 0.389. The van der Waals surface area contributed by atoms with Crippen molar-refractivity contribution >= 4 is 5.97 Å². The van der Waals surface area contributed by atoms with E-state index in [1.807, 2.05) is 19.9 Å². The second-order valence-corrected chi connectivity index (χ2v) is 5.88. The monoisotopic (exact) mass is 328 g/mol. The van der Waals surface area contributed by atoms with Crippen LogP contribution >= 0.6 is 0 Å². The molecule has 2 aromatic rings. The number of hydrogen-bond acceptors (Lipinski definition) is 5. The minimum Gasteiger partial charge on any atom is -0.454 e. The average molecular weight is 328 g/mol. The number of ether oxygens (including phenoxy) is 2. The van der Waals surface area contributed by atoms with Crippen molar-refractivity contribution < 1.29 is 14.3 Å². The number of hydrogen-bond donors (Lipinski definition) is 0. The van der Waals surface area contributed by atoms with Gasteiger partial charge in [-0.15, -0.1) is 0 Å². The molecule has 6 heteroatoms. The summed E-state index contributed by atoms with van der Waals surface area (Å²) in [6.07, 6.45) is 2.50. The van der Waals surface area contributed by atoms with Crippen LogP contribution in [0.25, 0.3) is 0 Å². The third-order valence-electron chi connectivity index (χ3n) is 4.37. The zero-order valence-electron chi connectivity index (χ0n) is 13.7. The van der Waals surface area contributed by atoms with Gasteiger partial charge in [-0.25, -0.2) is 14.6 Å². The lowest BCUT2D eigenvalue weighted by atomic mass is 9.98. The van der Waals surface area contributed by atoms with Crippen molar-refractivity contribution in [3.05, 3.63) is 64.8 Å². The molecule has 1 fully saturated rings. The van der Waals surface area contributed by atoms with E-state index in [4.69, 9.17) is 9.47 Å². The highest BCUT2D eigenvalue weighted by atomic mass is 16.6. The average Bonchev–Trinajstić information content (AvgIpc) is 2.92. The first kappa shape index (κ1) is 16.4. The lowest BCUT2D eigenvalue weighted by Crippen LogP contribution is -2.35. The molecule has 6 nitrogen and oxygen atoms in total. The topological polar surface area (TPSA) is 70.4 Å². The molecule has 0 amide bonds. The molecule has 0 aliphatic carbocycles. The van der Waals surface area contributed by atoms with Crippen molar-refractivity contribution in [2.75, 3.05) is 0 Å². The summed E-state index contributed by atoms with van der Waals surface area (Å²) < 4.78 is 13.1. The molecule has 0 bridgehead atoms. The standard InChI is InChI=1S/C18H20N2O4/c1-3-14-12(2)15(24-17(21)13-8-5-4-6-9-13)16(23-14)20-11-7-10-19-18(20)22/h4-12,14-16H,3H2,1-2H3/t12-,14+,15?,16+/m0/s1. The van der Waals surface area contributed by atoms with Crippen molar-refractivity contribution in [1.82, 2.24) is 9.55 Å². The Balaban J connectivity index is 1.89. The molecule has 0 radical (unpaired) electrons. The van der Waals surface area contributed by atoms with Crippen molar-refractivity contribution in [3.63, 3.8) is 0 Å². The van der Waals surface area contributed by atoms with Crippen LogP contribution in [0.3, 0.4) is 0 Å². The molecule has 1 saturated heterocycles. The molecule has 1 unspecified atom stereocenters. The maximum absolute atomic E-state index is 12.4. The van der Waals surface area contributed by atoms with Crippen LogP contribution in [0.2, 0.25) is 0 Å². The van der Waals surface area contributed by atoms with E-state index < -0.39 is 24.0 Å². The molecule has 24 heavy (non-hydrogen) atoms. The van der Waals surface area contributed by atoms with Gasteiger partial charge in [0.05, 0.1) is 11.7 Å². The summed E-state index contributed by atoms with van der Waals surface area (Å²) in [7, 11) is 0. The third kappa shape index (κ3) is 3.10. The van der Waals surface area contributed by atoms with Crippen LogP contribution in [0.15, 0.2) is 53.6 Å². The number of rotatable bonds is 4. The van der Waals surface area contributed by atoms with Crippen LogP contribution in [0.4, 0.5) is 0 Å². The molecule has 4 atom stereocenters. The first-order valence-electron chi connectivity index (χ1n) is 8.06. The Labute approximate surface area is 140 Å². The van der Waals surface area contributed by atoms with Gasteiger partial charge < -0.3 is 9.47 Å². The molecular weight excluding hydrogens is 308 g/mol. The van der Waals surface area contributed by atoms with Gasteiger partial charge in [0.1, 0.15) is 0 Å². The molecule has 1 aliphatic rings. The summed E-state index contributed by atoms with van der Waals surface area (Å²) in [6, 6.07) is 10.5. The molecule has 0 spiro atoms. The van der Waals surface area contributed by atoms with Crippen molar-refractivity contribution in [2.24, 2.45) is 5.92 Å². The van der Waals surface area contributed by atoms with Crippen LogP contribution < -0.4 is 5.69 Å². The maximum Gasteiger partial charge on any atom is 0.349 e. The lowest BCUT2D eigenvalue weighted by molar-refractivity contribution is -0.0510. The van der Waals surface area contributed by atoms with Crippen LogP contribution in [-0.4, -0.2) is 27.7 Å². The highest BCUT2D eigenvalue weighted by Gasteiger charge is 2.45. The number of carbonyl (C=O) groups is 1. The summed E-state index contributed by atoms with van der Waals surface area (Å²) in [4.78, 5) is 28.2. The van der Waals surface area contributed by atoms with E-state index >= 15 is 0 Å². The molecular formula is C18H20N2O4. The zero-order valence-corrected chi connectivity index (χ0v) is 13.7. The van der Waals surface area contributed by atoms with Crippen LogP contribution in [-0.2, 0) is 9.47 Å². The summed E-state index contributed by atoms with van der Waals surface area (Å²) in [6.45, 7) is 3.98. The predicted octanol–water partition coefficient (Wildman–Crippen LogP) is 2.41. The Hall–Kier alpha value is -2.47. The normalized spacial score (nSPS) is 26.2. The summed E-state index contributed by atoms with van der Waals surface area (Å²) >= 11 is 0. The van der Waals surface area contributed by atoms with E-state index in [9.17, 15) is 9.59 Å². The Morgan fingerprint density at radius 1 is 1.29 bits per heavy atom. The van der Waals surface area contributed by atoms with Crippen LogP contribution in [0.1, 0.15) is 36.9 Å². The third-order valence-corrected chi connectivity index (χ3v) is 4.37. The van der Waals surface area contributed by atoms with Gasteiger partial charge in [0.2, 0.25) is 0 Å². The number of benzene rings is 1. The summed E-state index contributed by atoms with van der Waals surface area (Å²) in [5.74, 6) is -0.450. The smallest absolute Gasteiger partial charge is 0.349 e. The second-order valence-electron chi connectivity index (χ2n) is 5.88. The van der Waals surface area contributed by atoms with E-state index in [-0.39, 0.29) is 12.0 Å². The minimum absolute atomic E-state index is 0.0280. The molecule has 3 rings (SSSR count). The molecule has 1 aromatic carbocycles. The zero-order chi connectivity index (χ0) is 17.1. The van der Waals surface area contributed by atoms with Crippen molar-refractivity contribution in [3.8, 4) is 0 Å². The Bertz CT molecular complexity index is 759. The molecule has 126 valence electrons. The Morgan fingerprint density at radius 2 is 2.04 bits per heavy atom. The van der Waals surface area contributed by atoms with Gasteiger partial charge in [-0.3, -0.25) is 4.57 Å². The van der Waals surface area contributed by atoms with Gasteiger partial charge in [-0.05, 0) is 24.6 Å². The highest BCUT2D eigenvalue weighted by molar-refractivity contribution is 5.89. The van der Waals surface area contributed by atoms with Gasteiger partial charge in [-0.1, -0.05) is 32.0 Å². The first-order valence-corrected chi connectivity index (χ1v) is 8.06. The van der Waals surface area contributed by atoms with Crippen LogP contribution in [0, 0.1) is 5.92 Å². The maximum atomic E-state index is 12.4. The van der Waals surface area contributed by atoms with Gasteiger partial charge in [0.15, 0.2) is 12.3 Å². The molecule has 1 aliphatic heterocycles. The molecule has 0 saturated carbocycles. The first-order chi connectivity index (χ1) is 11.6. The van der Waals surface area contributed by atoms with Crippen molar-refractivity contribution in [2.45, 2.75) is 38.7 Å². The number of esters is 1. The lowest BCUT2D eigenvalue weighted by Gasteiger charge is -2.22. The minimum atomic E-state index is -0.668. The highest BCUT2D eigenvalue weighted by Crippen LogP contribution is 2.37. The van der Waals surface area contributed by atoms with Gasteiger partial charge >= 0.3 is 11.7 Å². The number of carbonyl (C=O) groups excluding carboxylic acids is 1. The number of nitrogens with zero attached hydrogens (tertiary/aromatic N) is 2. The predicted molar refractivity (Wildman–Crippen MR) is 87.5 cm³/mol. The SMILES string of the molecule is CC[C@H]1O[C@@H](n2cccnc2=O)C(OC(=O)c2ccccc2)[C@H]1C. The Kier molecular flexibility index (Phi) is 4.76. The van der Waals surface area contributed by atoms with Gasteiger partial charge in [0, 0.05) is 18.3 Å². The quantitative estimate of drug-likeness (QED) is 0.806. The molecule has 0 N–H and O–H groups in total. The second kappa shape index (κ2) is 6.97. The fourth-order valence-electron chi connectivity index (χ4n) is 3.04. The van der Waals surface area contributed by atoms with Crippen LogP contribution in [0.5, 0.6) is 0 Å². The van der Waals surface area contributed by atoms with E-state index in [2.05, 4.69) is 4.98 Å². The molecule has 2 heterocycles. The van der Waals surface area contributed by atoms with Gasteiger partial charge in [0.25, 0.3) is 0 Å². The Morgan fingerprint density at radius 3 is 2.71 bits per heavy atom. The number of aromatic nitrogens is 2. The van der Waals surface area contributed by atoms with E-state index in [0.717, 1.165) is 6.42 Å². The fourth-order valence-corrected chi connectivity index (χ4v) is 3.04. The van der Waals surface area contributed by atoms with E-state index in [1.165, 1.54) is 10.8 Å². The van der Waals surface area contributed by atoms with E-state index in [0.29, 0.717) is 5.56 Å². The summed E-state index contributed by atoms with van der Waals surface area (Å²) in [5, 5.41) is 0. The van der Waals surface area contributed by atoms with Crippen molar-refractivity contribution in [1.29, 1.82) is 0 Å². The molecule has 1 aromatic heterocycles.